The quantitative estimate of drug-likeness (QED) is 0.820. The highest BCUT2D eigenvalue weighted by Gasteiger charge is 2.30. The van der Waals surface area contributed by atoms with Crippen molar-refractivity contribution < 1.29 is 19.0 Å². The average molecular weight is 410 g/mol. The van der Waals surface area contributed by atoms with Crippen molar-refractivity contribution in [1.29, 1.82) is 0 Å². The van der Waals surface area contributed by atoms with Gasteiger partial charge in [0.15, 0.2) is 11.3 Å². The molecule has 0 spiro atoms. The van der Waals surface area contributed by atoms with Gasteiger partial charge < -0.3 is 24.1 Å². The minimum absolute atomic E-state index is 0.0453. The Hall–Kier alpha value is -2.64. The largest absolute Gasteiger partial charge is 0.476 e. The number of hydrogen-bond acceptors (Lipinski definition) is 5. The van der Waals surface area contributed by atoms with Crippen molar-refractivity contribution in [3.63, 3.8) is 0 Å². The summed E-state index contributed by atoms with van der Waals surface area (Å²) in [4.78, 5) is 24.8. The van der Waals surface area contributed by atoms with Gasteiger partial charge in [0.25, 0.3) is 0 Å². The summed E-state index contributed by atoms with van der Waals surface area (Å²) in [5.74, 6) is 0.829. The first kappa shape index (κ1) is 19.3. The van der Waals surface area contributed by atoms with Gasteiger partial charge in [-0.15, -0.1) is 0 Å². The molecule has 1 amide bonds. The Morgan fingerprint density at radius 3 is 2.90 bits per heavy atom. The van der Waals surface area contributed by atoms with E-state index in [4.69, 9.17) is 14.2 Å². The van der Waals surface area contributed by atoms with Crippen LogP contribution in [-0.2, 0) is 27.2 Å². The molecule has 0 bridgehead atoms. The number of hydrogen-bond donors (Lipinski definition) is 1. The van der Waals surface area contributed by atoms with E-state index < -0.39 is 0 Å². The molecule has 2 fully saturated rings. The maximum absolute atomic E-state index is 12.7. The van der Waals surface area contributed by atoms with Crippen molar-refractivity contribution in [1.82, 2.24) is 4.57 Å². The Kier molecular flexibility index (Phi) is 5.08. The number of nitrogens with one attached hydrogen (secondary N) is 1. The fourth-order valence-electron chi connectivity index (χ4n) is 4.16. The molecule has 7 nitrogen and oxygen atoms in total. The summed E-state index contributed by atoms with van der Waals surface area (Å²) >= 11 is 0. The lowest BCUT2D eigenvalue weighted by Gasteiger charge is -2.28. The van der Waals surface area contributed by atoms with Gasteiger partial charge in [0.2, 0.25) is 5.91 Å². The molecule has 7 heteroatoms. The fraction of sp³-hybridized carbons (Fsp3) is 0.478. The first-order chi connectivity index (χ1) is 14.6. The van der Waals surface area contributed by atoms with Crippen LogP contribution in [0, 0.1) is 12.8 Å². The van der Waals surface area contributed by atoms with Crippen molar-refractivity contribution in [2.75, 3.05) is 31.7 Å². The molecule has 2 aromatic rings. The number of fused-ring (bicyclic) bond motifs is 3. The normalized spacial score (nSPS) is 20.2. The Bertz CT molecular complexity index is 1030. The number of pyridine rings is 1. The second-order valence-corrected chi connectivity index (χ2v) is 8.24. The maximum atomic E-state index is 12.7. The van der Waals surface area contributed by atoms with Gasteiger partial charge in [-0.3, -0.25) is 9.59 Å². The van der Waals surface area contributed by atoms with Gasteiger partial charge in [0.1, 0.15) is 12.7 Å². The van der Waals surface area contributed by atoms with E-state index in [1.54, 1.807) is 6.07 Å². The molecule has 1 saturated carbocycles. The molecule has 158 valence electrons. The van der Waals surface area contributed by atoms with Crippen molar-refractivity contribution in [2.45, 2.75) is 38.8 Å². The van der Waals surface area contributed by atoms with Crippen LogP contribution in [0.3, 0.4) is 0 Å². The highest BCUT2D eigenvalue weighted by molar-refractivity contribution is 5.94. The highest BCUT2D eigenvalue weighted by atomic mass is 16.6. The number of rotatable bonds is 5. The number of nitrogens with zero attached hydrogens (tertiary/aromatic N) is 1. The van der Waals surface area contributed by atoms with Crippen LogP contribution in [0.25, 0.3) is 11.3 Å². The first-order valence-electron chi connectivity index (χ1n) is 10.6. The van der Waals surface area contributed by atoms with Crippen molar-refractivity contribution in [3.8, 4) is 17.1 Å². The number of ether oxygens (including phenoxy) is 3. The lowest BCUT2D eigenvalue weighted by molar-refractivity contribution is -0.117. The fourth-order valence-corrected chi connectivity index (χ4v) is 4.16. The van der Waals surface area contributed by atoms with Crippen LogP contribution >= 0.6 is 0 Å². The third-order valence-corrected chi connectivity index (χ3v) is 6.00. The zero-order valence-electron chi connectivity index (χ0n) is 17.1. The molecule has 1 atom stereocenters. The second-order valence-electron chi connectivity index (χ2n) is 8.24. The predicted molar refractivity (Wildman–Crippen MR) is 112 cm³/mol. The Morgan fingerprint density at radius 1 is 1.27 bits per heavy atom. The topological polar surface area (TPSA) is 78.8 Å². The molecule has 5 rings (SSSR count). The molecule has 1 aromatic heterocycles. The maximum Gasteiger partial charge on any atom is 0.227 e. The summed E-state index contributed by atoms with van der Waals surface area (Å²) in [6, 6.07) is 7.51. The van der Waals surface area contributed by atoms with Crippen LogP contribution in [0.4, 0.5) is 5.69 Å². The molecular formula is C23H26N2O5. The summed E-state index contributed by atoms with van der Waals surface area (Å²) in [5, 5.41) is 3.01. The molecule has 1 N–H and O–H groups in total. The first-order valence-corrected chi connectivity index (χ1v) is 10.6. The van der Waals surface area contributed by atoms with Gasteiger partial charge in [0, 0.05) is 35.3 Å². The zero-order valence-corrected chi connectivity index (χ0v) is 17.1. The molecule has 3 heterocycles. The SMILES string of the molecule is Cc1c2n(c(OC[C@@H]3COCCO3)cc1=O)CCc1cc(NC(=O)C3CC3)ccc1-2. The van der Waals surface area contributed by atoms with Crippen LogP contribution in [0.15, 0.2) is 29.1 Å². The van der Waals surface area contributed by atoms with Crippen molar-refractivity contribution in [3.05, 3.63) is 45.6 Å². The predicted octanol–water partition coefficient (Wildman–Crippen LogP) is 2.52. The lowest BCUT2D eigenvalue weighted by atomic mass is 9.94. The monoisotopic (exact) mass is 410 g/mol. The molecule has 0 radical (unpaired) electrons. The van der Waals surface area contributed by atoms with Crippen molar-refractivity contribution >= 4 is 11.6 Å². The average Bonchev–Trinajstić information content (AvgIpc) is 3.61. The highest BCUT2D eigenvalue weighted by Crippen LogP contribution is 2.36. The molecule has 1 saturated heterocycles. The van der Waals surface area contributed by atoms with E-state index in [0.29, 0.717) is 44.4 Å². The summed E-state index contributed by atoms with van der Waals surface area (Å²) in [7, 11) is 0. The number of aromatic nitrogens is 1. The zero-order chi connectivity index (χ0) is 20.7. The van der Waals surface area contributed by atoms with Crippen LogP contribution in [0.1, 0.15) is 24.0 Å². The van der Waals surface area contributed by atoms with E-state index in [1.807, 2.05) is 25.1 Å². The van der Waals surface area contributed by atoms with Gasteiger partial charge in [-0.2, -0.15) is 0 Å². The van der Waals surface area contributed by atoms with Crippen LogP contribution in [0.5, 0.6) is 5.88 Å². The van der Waals surface area contributed by atoms with E-state index in [0.717, 1.165) is 41.8 Å². The molecule has 1 aliphatic carbocycles. The third kappa shape index (κ3) is 3.75. The molecule has 3 aliphatic rings. The summed E-state index contributed by atoms with van der Waals surface area (Å²) in [6.07, 6.45) is 2.64. The number of anilines is 1. The van der Waals surface area contributed by atoms with Gasteiger partial charge in [0.05, 0.1) is 25.5 Å². The van der Waals surface area contributed by atoms with E-state index in [9.17, 15) is 9.59 Å². The van der Waals surface area contributed by atoms with Gasteiger partial charge >= 0.3 is 0 Å². The molecule has 30 heavy (non-hydrogen) atoms. The van der Waals surface area contributed by atoms with Crippen LogP contribution < -0.4 is 15.5 Å². The summed E-state index contributed by atoms with van der Waals surface area (Å²) in [6.45, 7) is 4.58. The Balaban J connectivity index is 1.43. The van der Waals surface area contributed by atoms with Crippen LogP contribution in [-0.4, -0.2) is 43.0 Å². The van der Waals surface area contributed by atoms with Gasteiger partial charge in [-0.05, 0) is 43.9 Å². The van der Waals surface area contributed by atoms with E-state index in [-0.39, 0.29) is 23.4 Å². The summed E-state index contributed by atoms with van der Waals surface area (Å²) < 4.78 is 19.2. The Morgan fingerprint density at radius 2 is 2.13 bits per heavy atom. The standard InChI is InChI=1S/C23H26N2O5/c1-14-20(26)11-21(30-13-18-12-28-8-9-29-18)25-7-6-16-10-17(4-5-19(16)22(14)25)24-23(27)15-2-3-15/h4-5,10-11,15,18H,2-3,6-9,12-13H2,1H3,(H,24,27)/t18-/m0/s1. The van der Waals surface area contributed by atoms with Gasteiger partial charge in [-0.25, -0.2) is 0 Å². The number of carbonyl (C=O) groups is 1. The third-order valence-electron chi connectivity index (χ3n) is 6.00. The minimum Gasteiger partial charge on any atom is -0.476 e. The van der Waals surface area contributed by atoms with E-state index in [2.05, 4.69) is 9.88 Å². The minimum atomic E-state index is -0.125. The molecule has 0 unspecified atom stereocenters. The number of carbonyl (C=O) groups excluding carboxylic acids is 1. The van der Waals surface area contributed by atoms with E-state index >= 15 is 0 Å². The summed E-state index contributed by atoms with van der Waals surface area (Å²) in [5.41, 5.74) is 4.52. The Labute approximate surface area is 174 Å². The number of aryl methyl sites for hydroxylation is 1. The molecular weight excluding hydrogens is 384 g/mol. The number of amides is 1. The van der Waals surface area contributed by atoms with Crippen LogP contribution in [0.2, 0.25) is 0 Å². The van der Waals surface area contributed by atoms with E-state index in [1.165, 1.54) is 0 Å². The van der Waals surface area contributed by atoms with Crippen molar-refractivity contribution in [2.24, 2.45) is 5.92 Å². The molecule has 2 aliphatic heterocycles. The second kappa shape index (κ2) is 7.89. The number of benzene rings is 1. The lowest BCUT2D eigenvalue weighted by Crippen LogP contribution is -2.34. The van der Waals surface area contributed by atoms with Gasteiger partial charge in [-0.1, -0.05) is 6.07 Å². The smallest absolute Gasteiger partial charge is 0.227 e. The molecule has 1 aromatic carbocycles.